The van der Waals surface area contributed by atoms with Gasteiger partial charge in [-0.1, -0.05) is 30.3 Å². The van der Waals surface area contributed by atoms with Crippen molar-refractivity contribution in [3.05, 3.63) is 95.8 Å². The van der Waals surface area contributed by atoms with Crippen LogP contribution in [0.1, 0.15) is 26.4 Å². The van der Waals surface area contributed by atoms with E-state index < -0.39 is 0 Å². The molecule has 0 saturated carbocycles. The number of pyridine rings is 1. The summed E-state index contributed by atoms with van der Waals surface area (Å²) in [5.41, 5.74) is 2.33. The summed E-state index contributed by atoms with van der Waals surface area (Å²) >= 11 is 0. The molecule has 2 N–H and O–H groups in total. The van der Waals surface area contributed by atoms with E-state index in [1.807, 2.05) is 36.4 Å². The molecule has 5 nitrogen and oxygen atoms in total. The molecule has 1 aromatic heterocycles. The Balaban J connectivity index is 1.66. The van der Waals surface area contributed by atoms with Crippen LogP contribution in [-0.2, 0) is 6.54 Å². The zero-order valence-corrected chi connectivity index (χ0v) is 13.5. The van der Waals surface area contributed by atoms with Gasteiger partial charge in [0.1, 0.15) is 0 Å². The topological polar surface area (TPSA) is 71.1 Å². The summed E-state index contributed by atoms with van der Waals surface area (Å²) in [5.74, 6) is -0.509. The smallest absolute Gasteiger partial charge is 0.255 e. The molecule has 3 aromatic rings. The Morgan fingerprint density at radius 1 is 0.800 bits per heavy atom. The van der Waals surface area contributed by atoms with Crippen LogP contribution in [0.15, 0.2) is 79.0 Å². The number of hydrogen-bond acceptors (Lipinski definition) is 3. The Kier molecular flexibility index (Phi) is 5.16. The minimum atomic E-state index is -0.259. The Hall–Kier alpha value is -3.47. The molecule has 0 unspecified atom stereocenters. The number of aromatic nitrogens is 1. The summed E-state index contributed by atoms with van der Waals surface area (Å²) in [6, 6.07) is 21.3. The molecule has 2 aromatic carbocycles. The van der Waals surface area contributed by atoms with Gasteiger partial charge in [-0.05, 0) is 42.5 Å². The van der Waals surface area contributed by atoms with Gasteiger partial charge < -0.3 is 10.6 Å². The van der Waals surface area contributed by atoms with E-state index in [9.17, 15) is 9.59 Å². The van der Waals surface area contributed by atoms with Crippen LogP contribution in [0, 0.1) is 0 Å². The average Bonchev–Trinajstić information content (AvgIpc) is 2.68. The third-order valence-corrected chi connectivity index (χ3v) is 3.57. The van der Waals surface area contributed by atoms with Crippen molar-refractivity contribution in [2.75, 3.05) is 5.32 Å². The molecule has 0 aliphatic rings. The second-order valence-corrected chi connectivity index (χ2v) is 5.40. The van der Waals surface area contributed by atoms with E-state index in [1.165, 1.54) is 0 Å². The molecule has 5 heteroatoms. The monoisotopic (exact) mass is 331 g/mol. The van der Waals surface area contributed by atoms with Crippen LogP contribution in [-0.4, -0.2) is 16.8 Å². The number of rotatable bonds is 5. The maximum absolute atomic E-state index is 12.3. The number of carbonyl (C=O) groups is 2. The van der Waals surface area contributed by atoms with Crippen molar-refractivity contribution in [1.82, 2.24) is 10.3 Å². The van der Waals surface area contributed by atoms with E-state index >= 15 is 0 Å². The van der Waals surface area contributed by atoms with Crippen molar-refractivity contribution in [3.8, 4) is 0 Å². The maximum Gasteiger partial charge on any atom is 0.255 e. The molecule has 3 rings (SSSR count). The van der Waals surface area contributed by atoms with Gasteiger partial charge in [-0.25, -0.2) is 0 Å². The molecule has 1 heterocycles. The zero-order chi connectivity index (χ0) is 17.5. The van der Waals surface area contributed by atoms with Crippen LogP contribution in [0.3, 0.4) is 0 Å². The van der Waals surface area contributed by atoms with Gasteiger partial charge in [0.05, 0.1) is 12.2 Å². The molecule has 2 amide bonds. The van der Waals surface area contributed by atoms with Crippen molar-refractivity contribution in [2.45, 2.75) is 6.54 Å². The highest BCUT2D eigenvalue weighted by atomic mass is 16.2. The first-order valence-corrected chi connectivity index (χ1v) is 7.87. The fourth-order valence-electron chi connectivity index (χ4n) is 2.30. The highest BCUT2D eigenvalue weighted by Gasteiger charge is 2.11. The third kappa shape index (κ3) is 4.51. The van der Waals surface area contributed by atoms with Crippen LogP contribution >= 0.6 is 0 Å². The largest absolute Gasteiger partial charge is 0.346 e. The Morgan fingerprint density at radius 3 is 2.24 bits per heavy atom. The lowest BCUT2D eigenvalue weighted by Gasteiger charge is -2.08. The third-order valence-electron chi connectivity index (χ3n) is 3.57. The van der Waals surface area contributed by atoms with E-state index in [0.717, 1.165) is 5.69 Å². The molecule has 0 spiro atoms. The lowest BCUT2D eigenvalue weighted by Crippen LogP contribution is -2.23. The Bertz CT molecular complexity index is 864. The van der Waals surface area contributed by atoms with Gasteiger partial charge in [-0.15, -0.1) is 0 Å². The molecule has 0 bridgehead atoms. The quantitative estimate of drug-likeness (QED) is 0.754. The fraction of sp³-hybridized carbons (Fsp3) is 0.0500. The van der Waals surface area contributed by atoms with Gasteiger partial charge >= 0.3 is 0 Å². The summed E-state index contributed by atoms with van der Waals surface area (Å²) in [4.78, 5) is 28.8. The summed E-state index contributed by atoms with van der Waals surface area (Å²) in [6.07, 6.45) is 1.68. The molecular weight excluding hydrogens is 314 g/mol. The Morgan fingerprint density at radius 2 is 1.52 bits per heavy atom. The van der Waals surface area contributed by atoms with Crippen LogP contribution < -0.4 is 10.6 Å². The van der Waals surface area contributed by atoms with Crippen LogP contribution in [0.25, 0.3) is 0 Å². The van der Waals surface area contributed by atoms with E-state index in [-0.39, 0.29) is 11.8 Å². The van der Waals surface area contributed by atoms with Crippen molar-refractivity contribution in [3.63, 3.8) is 0 Å². The predicted molar refractivity (Wildman–Crippen MR) is 96.2 cm³/mol. The molecule has 25 heavy (non-hydrogen) atoms. The molecular formula is C20H17N3O2. The molecule has 0 aliphatic heterocycles. The predicted octanol–water partition coefficient (Wildman–Crippen LogP) is 3.26. The summed E-state index contributed by atoms with van der Waals surface area (Å²) in [6.45, 7) is 0.333. The lowest BCUT2D eigenvalue weighted by molar-refractivity contribution is 0.0950. The standard InChI is InChI=1S/C20H17N3O2/c24-19(22-14-18-11-4-5-12-21-18)15-7-6-8-16(13-15)20(25)23-17-9-2-1-3-10-17/h1-13H,14H2,(H,22,24)(H,23,25). The molecule has 0 saturated heterocycles. The molecule has 124 valence electrons. The van der Waals surface area contributed by atoms with E-state index in [0.29, 0.717) is 23.4 Å². The molecule has 0 fully saturated rings. The molecule has 0 aliphatic carbocycles. The molecule has 0 atom stereocenters. The number of hydrogen-bond donors (Lipinski definition) is 2. The van der Waals surface area contributed by atoms with Gasteiger partial charge in [0.15, 0.2) is 0 Å². The maximum atomic E-state index is 12.3. The van der Waals surface area contributed by atoms with Gasteiger partial charge in [-0.2, -0.15) is 0 Å². The highest BCUT2D eigenvalue weighted by Crippen LogP contribution is 2.10. The van der Waals surface area contributed by atoms with Crippen molar-refractivity contribution < 1.29 is 9.59 Å². The van der Waals surface area contributed by atoms with E-state index in [4.69, 9.17) is 0 Å². The number of carbonyl (C=O) groups excluding carboxylic acids is 2. The minimum absolute atomic E-state index is 0.250. The normalized spacial score (nSPS) is 10.1. The van der Waals surface area contributed by atoms with Gasteiger partial charge in [0.2, 0.25) is 0 Å². The highest BCUT2D eigenvalue weighted by molar-refractivity contribution is 6.06. The van der Waals surface area contributed by atoms with Crippen LogP contribution in [0.2, 0.25) is 0 Å². The van der Waals surface area contributed by atoms with E-state index in [1.54, 1.807) is 42.6 Å². The van der Waals surface area contributed by atoms with Crippen LogP contribution in [0.4, 0.5) is 5.69 Å². The van der Waals surface area contributed by atoms with Gasteiger partial charge in [0.25, 0.3) is 11.8 Å². The first kappa shape index (κ1) is 16.4. The number of para-hydroxylation sites is 1. The fourth-order valence-corrected chi connectivity index (χ4v) is 2.30. The zero-order valence-electron chi connectivity index (χ0n) is 13.5. The minimum Gasteiger partial charge on any atom is -0.346 e. The second kappa shape index (κ2) is 7.88. The average molecular weight is 331 g/mol. The first-order chi connectivity index (χ1) is 12.2. The number of benzene rings is 2. The van der Waals surface area contributed by atoms with Gasteiger partial charge in [0, 0.05) is 23.0 Å². The Labute approximate surface area is 145 Å². The van der Waals surface area contributed by atoms with Crippen molar-refractivity contribution >= 4 is 17.5 Å². The first-order valence-electron chi connectivity index (χ1n) is 7.87. The number of anilines is 1. The molecule has 0 radical (unpaired) electrons. The number of amides is 2. The second-order valence-electron chi connectivity index (χ2n) is 5.40. The summed E-state index contributed by atoms with van der Waals surface area (Å²) in [5, 5.41) is 5.60. The number of nitrogens with one attached hydrogen (secondary N) is 2. The van der Waals surface area contributed by atoms with Crippen molar-refractivity contribution in [1.29, 1.82) is 0 Å². The lowest BCUT2D eigenvalue weighted by atomic mass is 10.1. The SMILES string of the molecule is O=C(NCc1ccccn1)c1cccc(C(=O)Nc2ccccc2)c1. The summed E-state index contributed by atoms with van der Waals surface area (Å²) in [7, 11) is 0. The van der Waals surface area contributed by atoms with Crippen LogP contribution in [0.5, 0.6) is 0 Å². The summed E-state index contributed by atoms with van der Waals surface area (Å²) < 4.78 is 0. The number of nitrogens with zero attached hydrogens (tertiary/aromatic N) is 1. The van der Waals surface area contributed by atoms with Crippen molar-refractivity contribution in [2.24, 2.45) is 0 Å². The van der Waals surface area contributed by atoms with Gasteiger partial charge in [-0.3, -0.25) is 14.6 Å². The van der Waals surface area contributed by atoms with E-state index in [2.05, 4.69) is 15.6 Å².